The van der Waals surface area contributed by atoms with Crippen LogP contribution in [0.3, 0.4) is 0 Å². The molecule has 0 aromatic carbocycles. The second kappa shape index (κ2) is 5.57. The van der Waals surface area contributed by atoms with Crippen LogP contribution in [0.5, 0.6) is 0 Å². The molecule has 0 aliphatic rings. The van der Waals surface area contributed by atoms with E-state index in [4.69, 9.17) is 0 Å². The van der Waals surface area contributed by atoms with E-state index in [2.05, 4.69) is 27.3 Å². The molecule has 0 radical (unpaired) electrons. The number of unbranched alkanes of at least 4 members (excludes halogenated alkanes) is 2. The van der Waals surface area contributed by atoms with Gasteiger partial charge in [0.1, 0.15) is 0 Å². The summed E-state index contributed by atoms with van der Waals surface area (Å²) >= 11 is 0. The number of hydrogen-bond acceptors (Lipinski definition) is 4. The third kappa shape index (κ3) is 2.64. The van der Waals surface area contributed by atoms with Crippen LogP contribution >= 0.6 is 0 Å². The van der Waals surface area contributed by atoms with Crippen LogP contribution in [-0.4, -0.2) is 32.0 Å². The van der Waals surface area contributed by atoms with Crippen molar-refractivity contribution in [2.24, 2.45) is 0 Å². The Morgan fingerprint density at radius 3 is 3.00 bits per heavy atom. The molecule has 1 amide bonds. The van der Waals surface area contributed by atoms with Crippen LogP contribution in [0.1, 0.15) is 42.5 Å². The van der Waals surface area contributed by atoms with Gasteiger partial charge in [-0.15, -0.1) is 5.10 Å². The molecule has 6 heteroatoms. The Balaban J connectivity index is 2.06. The molecule has 2 heterocycles. The smallest absolute Gasteiger partial charge is 0.291 e. The van der Waals surface area contributed by atoms with Gasteiger partial charge in [0.25, 0.3) is 11.7 Å². The van der Waals surface area contributed by atoms with Crippen LogP contribution in [0.15, 0.2) is 12.3 Å². The third-order valence-corrected chi connectivity index (χ3v) is 2.70. The number of rotatable bonds is 5. The van der Waals surface area contributed by atoms with Crippen molar-refractivity contribution in [3.63, 3.8) is 0 Å². The molecule has 2 aromatic heterocycles. The number of carbonyl (C=O) groups is 1. The molecule has 0 saturated carbocycles. The average Bonchev–Trinajstić information content (AvgIpc) is 2.80. The van der Waals surface area contributed by atoms with E-state index in [1.165, 1.54) is 0 Å². The first-order chi connectivity index (χ1) is 8.72. The van der Waals surface area contributed by atoms with Crippen molar-refractivity contribution in [3.05, 3.63) is 23.8 Å². The van der Waals surface area contributed by atoms with E-state index < -0.39 is 0 Å². The van der Waals surface area contributed by atoms with E-state index in [0.29, 0.717) is 12.3 Å². The van der Waals surface area contributed by atoms with Crippen LogP contribution in [0.4, 0.5) is 0 Å². The van der Waals surface area contributed by atoms with Crippen molar-refractivity contribution in [2.75, 3.05) is 6.54 Å². The average molecular weight is 247 g/mol. The minimum Gasteiger partial charge on any atom is -0.349 e. The summed E-state index contributed by atoms with van der Waals surface area (Å²) < 4.78 is 1.57. The predicted octanol–water partition coefficient (Wildman–Crippen LogP) is 1.35. The van der Waals surface area contributed by atoms with Crippen molar-refractivity contribution in [3.8, 4) is 0 Å². The SMILES string of the molecule is CCCCCNC(=O)c1nc2nccc(C)n2n1. The van der Waals surface area contributed by atoms with Crippen LogP contribution in [0, 0.1) is 6.92 Å². The molecule has 0 saturated heterocycles. The molecule has 0 bridgehead atoms. The van der Waals surface area contributed by atoms with E-state index in [0.717, 1.165) is 25.0 Å². The van der Waals surface area contributed by atoms with Crippen LogP contribution in [-0.2, 0) is 0 Å². The van der Waals surface area contributed by atoms with Gasteiger partial charge in [0, 0.05) is 18.4 Å². The molecule has 0 aliphatic heterocycles. The number of nitrogens with one attached hydrogen (secondary N) is 1. The first-order valence-electron chi connectivity index (χ1n) is 6.19. The van der Waals surface area contributed by atoms with Crippen LogP contribution in [0.25, 0.3) is 5.78 Å². The molecular formula is C12H17N5O. The quantitative estimate of drug-likeness (QED) is 0.809. The zero-order valence-electron chi connectivity index (χ0n) is 10.7. The summed E-state index contributed by atoms with van der Waals surface area (Å²) in [6.07, 6.45) is 4.88. The number of aromatic nitrogens is 4. The predicted molar refractivity (Wildman–Crippen MR) is 67.4 cm³/mol. The van der Waals surface area contributed by atoms with E-state index in [-0.39, 0.29) is 11.7 Å². The van der Waals surface area contributed by atoms with Gasteiger partial charge in [-0.1, -0.05) is 19.8 Å². The highest BCUT2D eigenvalue weighted by Gasteiger charge is 2.13. The zero-order valence-corrected chi connectivity index (χ0v) is 10.7. The van der Waals surface area contributed by atoms with Gasteiger partial charge in [-0.2, -0.15) is 4.98 Å². The van der Waals surface area contributed by atoms with E-state index >= 15 is 0 Å². The number of carbonyl (C=O) groups excluding carboxylic acids is 1. The third-order valence-electron chi connectivity index (χ3n) is 2.70. The second-order valence-corrected chi connectivity index (χ2v) is 4.20. The summed E-state index contributed by atoms with van der Waals surface area (Å²) in [4.78, 5) is 20.0. The molecule has 0 fully saturated rings. The van der Waals surface area contributed by atoms with Crippen molar-refractivity contribution >= 4 is 11.7 Å². The van der Waals surface area contributed by atoms with Gasteiger partial charge in [0.2, 0.25) is 5.82 Å². The van der Waals surface area contributed by atoms with Crippen LogP contribution < -0.4 is 5.32 Å². The summed E-state index contributed by atoms with van der Waals surface area (Å²) in [5, 5.41) is 6.95. The summed E-state index contributed by atoms with van der Waals surface area (Å²) in [6.45, 7) is 4.68. The number of amides is 1. The molecule has 0 unspecified atom stereocenters. The largest absolute Gasteiger partial charge is 0.349 e. The Hall–Kier alpha value is -1.98. The number of nitrogens with zero attached hydrogens (tertiary/aromatic N) is 4. The van der Waals surface area contributed by atoms with Gasteiger partial charge >= 0.3 is 0 Å². The summed E-state index contributed by atoms with van der Waals surface area (Å²) in [7, 11) is 0. The van der Waals surface area contributed by atoms with Gasteiger partial charge in [0.15, 0.2) is 0 Å². The lowest BCUT2D eigenvalue weighted by atomic mass is 10.2. The van der Waals surface area contributed by atoms with Gasteiger partial charge in [-0.25, -0.2) is 9.50 Å². The first kappa shape index (κ1) is 12.5. The molecule has 18 heavy (non-hydrogen) atoms. The zero-order chi connectivity index (χ0) is 13.0. The van der Waals surface area contributed by atoms with Gasteiger partial charge in [-0.3, -0.25) is 4.79 Å². The highest BCUT2D eigenvalue weighted by molar-refractivity contribution is 5.90. The standard InChI is InChI=1S/C12H17N5O/c1-3-4-5-7-13-11(18)10-15-12-14-8-6-9(2)17(12)16-10/h6,8H,3-5,7H2,1-2H3,(H,13,18). The van der Waals surface area contributed by atoms with Crippen molar-refractivity contribution in [2.45, 2.75) is 33.1 Å². The molecule has 6 nitrogen and oxygen atoms in total. The maximum Gasteiger partial charge on any atom is 0.291 e. The highest BCUT2D eigenvalue weighted by Crippen LogP contribution is 2.01. The number of fused-ring (bicyclic) bond motifs is 1. The number of hydrogen-bond donors (Lipinski definition) is 1. The fraction of sp³-hybridized carbons (Fsp3) is 0.500. The molecule has 1 N–H and O–H groups in total. The van der Waals surface area contributed by atoms with E-state index in [9.17, 15) is 4.79 Å². The number of aryl methyl sites for hydroxylation is 1. The Morgan fingerprint density at radius 1 is 1.44 bits per heavy atom. The van der Waals surface area contributed by atoms with Crippen molar-refractivity contribution < 1.29 is 4.79 Å². The fourth-order valence-corrected chi connectivity index (χ4v) is 1.66. The van der Waals surface area contributed by atoms with Crippen molar-refractivity contribution in [1.82, 2.24) is 24.9 Å². The second-order valence-electron chi connectivity index (χ2n) is 4.20. The summed E-state index contributed by atoms with van der Waals surface area (Å²) in [5.41, 5.74) is 0.900. The Bertz CT molecular complexity index is 548. The molecule has 0 spiro atoms. The Morgan fingerprint density at radius 2 is 2.28 bits per heavy atom. The van der Waals surface area contributed by atoms with E-state index in [1.807, 2.05) is 13.0 Å². The monoisotopic (exact) mass is 247 g/mol. The normalized spacial score (nSPS) is 10.8. The molecule has 0 aliphatic carbocycles. The highest BCUT2D eigenvalue weighted by atomic mass is 16.2. The molecule has 2 aromatic rings. The van der Waals surface area contributed by atoms with Crippen LogP contribution in [0.2, 0.25) is 0 Å². The fourth-order valence-electron chi connectivity index (χ4n) is 1.66. The van der Waals surface area contributed by atoms with Gasteiger partial charge < -0.3 is 5.32 Å². The maximum atomic E-state index is 11.8. The Labute approximate surface area is 105 Å². The van der Waals surface area contributed by atoms with Crippen molar-refractivity contribution in [1.29, 1.82) is 0 Å². The Kier molecular flexibility index (Phi) is 3.86. The molecule has 2 rings (SSSR count). The molecule has 96 valence electrons. The maximum absolute atomic E-state index is 11.8. The lowest BCUT2D eigenvalue weighted by Crippen LogP contribution is -2.25. The van der Waals surface area contributed by atoms with Gasteiger partial charge in [-0.05, 0) is 19.4 Å². The molecular weight excluding hydrogens is 230 g/mol. The minimum absolute atomic E-state index is 0.174. The molecule has 0 atom stereocenters. The van der Waals surface area contributed by atoms with Gasteiger partial charge in [0.05, 0.1) is 0 Å². The topological polar surface area (TPSA) is 72.2 Å². The van der Waals surface area contributed by atoms with E-state index in [1.54, 1.807) is 10.7 Å². The minimum atomic E-state index is -0.240. The summed E-state index contributed by atoms with van der Waals surface area (Å²) in [6, 6.07) is 1.82. The summed E-state index contributed by atoms with van der Waals surface area (Å²) in [5.74, 6) is 0.387. The lowest BCUT2D eigenvalue weighted by molar-refractivity contribution is 0.0943. The lowest BCUT2D eigenvalue weighted by Gasteiger charge is -2.00. The first-order valence-corrected chi connectivity index (χ1v) is 6.19.